The van der Waals surface area contributed by atoms with E-state index < -0.39 is 74.7 Å². The Kier molecular flexibility index (Phi) is 69.8. The van der Waals surface area contributed by atoms with Gasteiger partial charge in [-0.2, -0.15) is 23.5 Å². The lowest BCUT2D eigenvalue weighted by Gasteiger charge is -2.23. The monoisotopic (exact) mass is 1760 g/mol. The van der Waals surface area contributed by atoms with E-state index in [9.17, 15) is 38.4 Å². The van der Waals surface area contributed by atoms with Crippen LogP contribution < -0.4 is 10.9 Å². The highest BCUT2D eigenvalue weighted by atomic mass is 32.2. The van der Waals surface area contributed by atoms with Crippen LogP contribution in [0.5, 0.6) is 0 Å². The summed E-state index contributed by atoms with van der Waals surface area (Å²) >= 11 is 3.79. The Bertz CT molecular complexity index is 2620. The van der Waals surface area contributed by atoms with Gasteiger partial charge >= 0.3 is 50.1 Å². The third-order valence-electron chi connectivity index (χ3n) is 23.3. The van der Waals surface area contributed by atoms with Gasteiger partial charge in [0.15, 0.2) is 0 Å². The van der Waals surface area contributed by atoms with Gasteiger partial charge < -0.3 is 56.5 Å². The van der Waals surface area contributed by atoms with Crippen molar-refractivity contribution in [2.45, 2.75) is 489 Å². The van der Waals surface area contributed by atoms with Crippen molar-refractivity contribution in [3.05, 3.63) is 24.3 Å². The van der Waals surface area contributed by atoms with E-state index >= 15 is 0 Å². The van der Waals surface area contributed by atoms with Crippen LogP contribution in [0.25, 0.3) is 0 Å². The van der Waals surface area contributed by atoms with Crippen molar-refractivity contribution in [2.75, 3.05) is 50.4 Å². The molecule has 2 aliphatic heterocycles. The Hall–Kier alpha value is -4.03. The molecule has 0 bridgehead atoms. The third-order valence-corrected chi connectivity index (χ3v) is 25.7. The molecular weight excluding hydrogens is 1580 g/mol. The van der Waals surface area contributed by atoms with Crippen molar-refractivity contribution in [1.29, 1.82) is 0 Å². The van der Waals surface area contributed by atoms with Gasteiger partial charge in [-0.25, -0.2) is 0 Å². The van der Waals surface area contributed by atoms with Crippen LogP contribution in [-0.4, -0.2) is 173 Å². The van der Waals surface area contributed by atoms with E-state index in [-0.39, 0.29) is 99.3 Å². The molecule has 0 spiro atoms. The molecule has 0 aliphatic carbocycles. The summed E-state index contributed by atoms with van der Waals surface area (Å²) in [6, 6.07) is 8.18. The summed E-state index contributed by atoms with van der Waals surface area (Å²) in [5.41, 5.74) is 1.93. The van der Waals surface area contributed by atoms with Crippen LogP contribution in [0.1, 0.15) is 428 Å². The number of carbonyl (C=O) groups excluding carboxylic acids is 8. The van der Waals surface area contributed by atoms with Crippen molar-refractivity contribution in [3.8, 4) is 0 Å². The first-order valence-corrected chi connectivity index (χ1v) is 51.7. The number of hydrogen-bond acceptors (Lipinski definition) is 22. The first kappa shape index (κ1) is 112. The molecule has 2 fully saturated rings. The average Bonchev–Trinajstić information content (AvgIpc) is 1.69. The van der Waals surface area contributed by atoms with Crippen LogP contribution >= 0.6 is 23.5 Å². The minimum atomic E-state index is -0.676. The first-order valence-electron chi connectivity index (χ1n) is 49.3. The Morgan fingerprint density at radius 2 is 0.492 bits per heavy atom. The molecule has 1 aromatic rings. The number of esters is 6. The zero-order valence-corrected chi connectivity index (χ0v) is 80.1. The fourth-order valence-electron chi connectivity index (χ4n) is 16.1. The van der Waals surface area contributed by atoms with Gasteiger partial charge in [0.1, 0.15) is 48.2 Å². The normalized spacial score (nSPS) is 16.1. The van der Waals surface area contributed by atoms with E-state index in [1.54, 1.807) is 14.2 Å². The predicted octanol–water partition coefficient (Wildman–Crippen LogP) is 22.8. The molecule has 0 saturated carbocycles. The number of ether oxygens (including phenoxy) is 8. The molecule has 2 heterocycles. The number of carbonyl (C=O) groups is 8. The van der Waals surface area contributed by atoms with Crippen LogP contribution in [0, 0.1) is 0 Å². The zero-order valence-electron chi connectivity index (χ0n) is 78.5. The lowest BCUT2D eigenvalue weighted by Crippen LogP contribution is -2.37. The summed E-state index contributed by atoms with van der Waals surface area (Å²) in [4.78, 5) is 106. The summed E-state index contributed by atoms with van der Waals surface area (Å²) in [5, 5.41) is 0. The maximum Gasteiger partial charge on any atom is 0.494 e. The Morgan fingerprint density at radius 1 is 0.295 bits per heavy atom. The maximum absolute atomic E-state index is 13.9. The number of hydrogen-bond donors (Lipinski definition) is 0. The first-order chi connectivity index (χ1) is 59.3. The van der Waals surface area contributed by atoms with Gasteiger partial charge in [-0.05, 0) is 139 Å². The second kappa shape index (κ2) is 75.9. The number of Topliss-reactive ketones (excluding diaryl/α,β-unsaturated/α-hetero) is 2. The van der Waals surface area contributed by atoms with Crippen LogP contribution in [-0.2, 0) is 94.9 Å². The molecule has 0 radical (unpaired) electrons. The van der Waals surface area contributed by atoms with Crippen molar-refractivity contribution in [1.82, 2.24) is 0 Å². The summed E-state index contributed by atoms with van der Waals surface area (Å²) in [6.07, 6.45) is 44.9. The highest BCUT2D eigenvalue weighted by molar-refractivity contribution is 7.99. The topological polar surface area (TPSA) is 247 Å². The SMILES string of the molecule is CCCCCCC[C@H](CC(=O)O[C@H](CCCCCCCCSCC1COB(c2ccc(B3OCC(CSCCCCCCCC[C@H](CC(=O)O[C@H](CCCCCCC)CC(=O)O[C@H](CCCCCCC)CC(C)=O)OC(=O)C[C@@H](CCCCCCC)OC)O3)cc2)O1)CC(=O)O[C@H](CCCCCCC)CC(=O)O[C@H](CCCCCCC)CC(C)=O)OC. The molecule has 2 unspecified atom stereocenters. The number of benzene rings is 1. The van der Waals surface area contributed by atoms with Crippen LogP contribution in [0.15, 0.2) is 24.3 Å². The second-order valence-electron chi connectivity index (χ2n) is 35.1. The molecule has 702 valence electrons. The fraction of sp³-hybridized carbons (Fsp3) is 0.857. The van der Waals surface area contributed by atoms with Gasteiger partial charge in [0.05, 0.1) is 76.2 Å². The van der Waals surface area contributed by atoms with E-state index in [0.29, 0.717) is 51.7 Å². The second-order valence-corrected chi connectivity index (χ2v) is 37.4. The molecule has 2 aliphatic rings. The highest BCUT2D eigenvalue weighted by Gasteiger charge is 2.37. The van der Waals surface area contributed by atoms with Gasteiger partial charge in [0.2, 0.25) is 0 Å². The van der Waals surface area contributed by atoms with E-state index in [4.69, 9.17) is 56.5 Å². The molecule has 20 nitrogen and oxygen atoms in total. The van der Waals surface area contributed by atoms with Crippen molar-refractivity contribution in [2.24, 2.45) is 0 Å². The number of rotatable bonds is 84. The van der Waals surface area contributed by atoms with E-state index in [2.05, 4.69) is 41.5 Å². The minimum Gasteiger partial charge on any atom is -0.462 e. The number of methoxy groups -OCH3 is 2. The molecule has 122 heavy (non-hydrogen) atoms. The summed E-state index contributed by atoms with van der Waals surface area (Å²) in [5.74, 6) is 1.07. The Morgan fingerprint density at radius 3 is 0.713 bits per heavy atom. The molecule has 10 atom stereocenters. The standard InChI is InChI=1S/C98H172B2O20S2/c1-11-17-23-33-43-53-83(109-9)69-93(103)115-87(73-97(107)117-89(57-47-37-27-21-15-5)71-95(105)113-85(67-79(7)101)55-45-35-25-19-13-3)59-49-39-29-31-41-51-65-121-77-91-75-111-99(119-91)81-61-63-82(64-62-81)100-112-76-92(120-100)78-122-66-52-42-32-30-40-50-60-88(116-94(104)70-84(110-10)54-44-34-24-18-12-2)74-98(108)118-90(58-48-38-28-22-16-6)72-96(106)114-86(68-80(8)102)56-46-36-26-20-14-4/h61-64,83-92H,11-60,65-78H2,1-10H3/t83-,84-,85-,86-,87-,88-,89-,90-,91?,92?/m1/s1. The predicted molar refractivity (Wildman–Crippen MR) is 498 cm³/mol. The van der Waals surface area contributed by atoms with Crippen LogP contribution in [0.3, 0.4) is 0 Å². The van der Waals surface area contributed by atoms with Crippen molar-refractivity contribution < 1.29 is 94.9 Å². The van der Waals surface area contributed by atoms with Crippen LogP contribution in [0.4, 0.5) is 0 Å². The van der Waals surface area contributed by atoms with E-state index in [1.165, 1.54) is 26.7 Å². The Labute approximate surface area is 750 Å². The summed E-state index contributed by atoms with van der Waals surface area (Å²) in [6.45, 7) is 17.2. The van der Waals surface area contributed by atoms with Gasteiger partial charge in [-0.15, -0.1) is 0 Å². The van der Waals surface area contributed by atoms with Gasteiger partial charge in [0.25, 0.3) is 0 Å². The van der Waals surface area contributed by atoms with E-state index in [1.807, 2.05) is 47.8 Å². The molecule has 0 aromatic heterocycles. The largest absolute Gasteiger partial charge is 0.494 e. The molecule has 24 heteroatoms. The number of unbranched alkanes of at least 4 members (excludes halogenated alkanes) is 34. The maximum atomic E-state index is 13.9. The van der Waals surface area contributed by atoms with Crippen LogP contribution in [0.2, 0.25) is 0 Å². The summed E-state index contributed by atoms with van der Waals surface area (Å²) in [7, 11) is 2.43. The highest BCUT2D eigenvalue weighted by Crippen LogP contribution is 2.27. The third kappa shape index (κ3) is 59.9. The number of ketones is 2. The molecule has 0 amide bonds. The quantitative estimate of drug-likeness (QED) is 0.0254. The Balaban J connectivity index is 1.42. The minimum absolute atomic E-state index is 0.00489. The molecule has 2 saturated heterocycles. The van der Waals surface area contributed by atoms with Gasteiger partial charge in [-0.1, -0.05) is 284 Å². The molecular formula is C98H172B2O20S2. The van der Waals surface area contributed by atoms with Crippen molar-refractivity contribution >= 4 is 96.1 Å². The molecule has 1 aromatic carbocycles. The number of thioether (sulfide) groups is 2. The lowest BCUT2D eigenvalue weighted by atomic mass is 9.74. The van der Waals surface area contributed by atoms with Crippen molar-refractivity contribution in [3.63, 3.8) is 0 Å². The van der Waals surface area contributed by atoms with E-state index in [0.717, 1.165) is 304 Å². The fourth-order valence-corrected chi connectivity index (χ4v) is 18.1. The summed E-state index contributed by atoms with van der Waals surface area (Å²) < 4.78 is 72.7. The lowest BCUT2D eigenvalue weighted by molar-refractivity contribution is -0.165. The van der Waals surface area contributed by atoms with Gasteiger partial charge in [-0.3, -0.25) is 38.4 Å². The molecule has 0 N–H and O–H groups in total. The average molecular weight is 1760 g/mol. The van der Waals surface area contributed by atoms with Gasteiger partial charge in [0, 0.05) is 38.6 Å². The molecule has 3 rings (SSSR count). The zero-order chi connectivity index (χ0) is 88.7. The smallest absolute Gasteiger partial charge is 0.462 e.